The molecule has 0 amide bonds. The van der Waals surface area contributed by atoms with Crippen molar-refractivity contribution in [3.63, 3.8) is 0 Å². The Morgan fingerprint density at radius 3 is 3.11 bits per heavy atom. The van der Waals surface area contributed by atoms with Crippen molar-refractivity contribution in [2.45, 2.75) is 32.4 Å². The van der Waals surface area contributed by atoms with E-state index < -0.39 is 0 Å². The van der Waals surface area contributed by atoms with Crippen molar-refractivity contribution < 1.29 is 4.74 Å². The molecule has 2 aromatic rings. The Morgan fingerprint density at radius 2 is 2.37 bits per heavy atom. The van der Waals surface area contributed by atoms with Crippen molar-refractivity contribution in [2.75, 3.05) is 6.54 Å². The molecule has 1 aliphatic rings. The smallest absolute Gasteiger partial charge is 0.136 e. The van der Waals surface area contributed by atoms with Crippen molar-refractivity contribution in [1.29, 1.82) is 0 Å². The fourth-order valence-electron chi connectivity index (χ4n) is 2.59. The monoisotopic (exact) mass is 274 g/mol. The van der Waals surface area contributed by atoms with E-state index in [1.54, 1.807) is 11.3 Å². The number of aromatic nitrogens is 1. The van der Waals surface area contributed by atoms with E-state index in [4.69, 9.17) is 4.74 Å². The fraction of sp³-hybridized carbons (Fsp3) is 0.400. The normalized spacial score (nSPS) is 21.8. The molecule has 1 N–H and O–H groups in total. The van der Waals surface area contributed by atoms with Gasteiger partial charge in [-0.1, -0.05) is 24.6 Å². The summed E-state index contributed by atoms with van der Waals surface area (Å²) in [5.41, 5.74) is 4.43. The molecule has 0 bridgehead atoms. The Labute approximate surface area is 117 Å². The fourth-order valence-corrected chi connectivity index (χ4v) is 3.25. The Bertz CT molecular complexity index is 553. The number of rotatable bonds is 3. The van der Waals surface area contributed by atoms with Crippen LogP contribution in [-0.2, 0) is 0 Å². The van der Waals surface area contributed by atoms with Gasteiger partial charge in [-0.3, -0.25) is 4.98 Å². The van der Waals surface area contributed by atoms with Crippen LogP contribution in [0.25, 0.3) is 0 Å². The number of nitrogens with one attached hydrogen (secondary N) is 1. The molecule has 0 saturated carbocycles. The van der Waals surface area contributed by atoms with Crippen LogP contribution in [0.5, 0.6) is 5.75 Å². The van der Waals surface area contributed by atoms with Crippen molar-refractivity contribution in [3.05, 3.63) is 45.9 Å². The third-order valence-corrected chi connectivity index (χ3v) is 4.35. The largest absolute Gasteiger partial charge is 0.484 e. The molecule has 2 atom stereocenters. The summed E-state index contributed by atoms with van der Waals surface area (Å²) >= 11 is 1.66. The SMILES string of the molecule is CCNC1CC(c2cncs2)Oc2ccc(C)cc21. The van der Waals surface area contributed by atoms with Gasteiger partial charge in [0.15, 0.2) is 0 Å². The highest BCUT2D eigenvalue weighted by molar-refractivity contribution is 7.09. The van der Waals surface area contributed by atoms with Crippen LogP contribution in [0.3, 0.4) is 0 Å². The number of fused-ring (bicyclic) bond motifs is 1. The Morgan fingerprint density at radius 1 is 1.47 bits per heavy atom. The molecule has 1 aromatic heterocycles. The first-order valence-corrected chi connectivity index (χ1v) is 7.55. The molecular formula is C15H18N2OS. The molecule has 1 aliphatic heterocycles. The zero-order chi connectivity index (χ0) is 13.2. The third-order valence-electron chi connectivity index (χ3n) is 3.48. The van der Waals surface area contributed by atoms with E-state index in [9.17, 15) is 0 Å². The van der Waals surface area contributed by atoms with Crippen LogP contribution in [0, 0.1) is 6.92 Å². The minimum atomic E-state index is 0.117. The summed E-state index contributed by atoms with van der Waals surface area (Å²) in [5, 5.41) is 3.56. The summed E-state index contributed by atoms with van der Waals surface area (Å²) in [7, 11) is 0. The molecule has 2 unspecified atom stereocenters. The van der Waals surface area contributed by atoms with Crippen molar-refractivity contribution in [1.82, 2.24) is 10.3 Å². The Hall–Kier alpha value is -1.39. The first-order valence-electron chi connectivity index (χ1n) is 6.67. The predicted octanol–water partition coefficient (Wildman–Crippen LogP) is 3.63. The zero-order valence-electron chi connectivity index (χ0n) is 11.2. The maximum absolute atomic E-state index is 6.14. The summed E-state index contributed by atoms with van der Waals surface area (Å²) in [6, 6.07) is 6.78. The van der Waals surface area contributed by atoms with E-state index >= 15 is 0 Å². The number of ether oxygens (including phenoxy) is 1. The van der Waals surface area contributed by atoms with Gasteiger partial charge in [-0.15, -0.1) is 11.3 Å². The molecule has 1 aromatic carbocycles. The van der Waals surface area contributed by atoms with E-state index in [-0.39, 0.29) is 6.10 Å². The quantitative estimate of drug-likeness (QED) is 0.928. The maximum atomic E-state index is 6.14. The standard InChI is InChI=1S/C15H18N2OS/c1-3-17-12-7-14(15-8-16-9-19-15)18-13-5-4-10(2)6-11(12)13/h4-6,8-9,12,14,17H,3,7H2,1-2H3. The van der Waals surface area contributed by atoms with E-state index in [0.717, 1.165) is 18.7 Å². The zero-order valence-corrected chi connectivity index (χ0v) is 12.0. The molecular weight excluding hydrogens is 256 g/mol. The van der Waals surface area contributed by atoms with Crippen molar-refractivity contribution >= 4 is 11.3 Å². The maximum Gasteiger partial charge on any atom is 0.136 e. The predicted molar refractivity (Wildman–Crippen MR) is 77.7 cm³/mol. The van der Waals surface area contributed by atoms with E-state index in [0.29, 0.717) is 6.04 Å². The van der Waals surface area contributed by atoms with E-state index in [1.165, 1.54) is 16.0 Å². The van der Waals surface area contributed by atoms with Gasteiger partial charge in [0, 0.05) is 24.2 Å². The first-order chi connectivity index (χ1) is 9.28. The summed E-state index contributed by atoms with van der Waals surface area (Å²) in [5.74, 6) is 1.00. The molecule has 0 spiro atoms. The number of thiazole rings is 1. The van der Waals surface area contributed by atoms with Gasteiger partial charge >= 0.3 is 0 Å². The first kappa shape index (κ1) is 12.6. The van der Waals surface area contributed by atoms with Gasteiger partial charge in [0.2, 0.25) is 0 Å². The van der Waals surface area contributed by atoms with Gasteiger partial charge in [-0.25, -0.2) is 0 Å². The van der Waals surface area contributed by atoms with Crippen LogP contribution in [0.15, 0.2) is 29.9 Å². The van der Waals surface area contributed by atoms with Gasteiger partial charge in [0.1, 0.15) is 11.9 Å². The Kier molecular flexibility index (Phi) is 3.53. The highest BCUT2D eigenvalue weighted by atomic mass is 32.1. The third kappa shape index (κ3) is 2.51. The molecule has 4 heteroatoms. The van der Waals surface area contributed by atoms with Crippen LogP contribution in [0.1, 0.15) is 41.5 Å². The van der Waals surface area contributed by atoms with Crippen molar-refractivity contribution in [2.24, 2.45) is 0 Å². The average molecular weight is 274 g/mol. The van der Waals surface area contributed by atoms with Crippen LogP contribution in [0.4, 0.5) is 0 Å². The number of nitrogens with zero attached hydrogens (tertiary/aromatic N) is 1. The molecule has 0 aliphatic carbocycles. The van der Waals surface area contributed by atoms with Gasteiger partial charge in [0.05, 0.1) is 10.4 Å². The molecule has 3 nitrogen and oxygen atoms in total. The number of aryl methyl sites for hydroxylation is 1. The lowest BCUT2D eigenvalue weighted by molar-refractivity contribution is 0.155. The molecule has 3 rings (SSSR count). The minimum Gasteiger partial charge on any atom is -0.484 e. The topological polar surface area (TPSA) is 34.2 Å². The molecule has 0 radical (unpaired) electrons. The molecule has 19 heavy (non-hydrogen) atoms. The lowest BCUT2D eigenvalue weighted by Gasteiger charge is -2.32. The summed E-state index contributed by atoms with van der Waals surface area (Å²) in [6.07, 6.45) is 3.00. The minimum absolute atomic E-state index is 0.117. The second-order valence-corrected chi connectivity index (χ2v) is 5.82. The van der Waals surface area contributed by atoms with Crippen LogP contribution in [-0.4, -0.2) is 11.5 Å². The lowest BCUT2D eigenvalue weighted by Crippen LogP contribution is -2.28. The number of hydrogen-bond acceptors (Lipinski definition) is 4. The summed E-state index contributed by atoms with van der Waals surface area (Å²) in [4.78, 5) is 5.36. The van der Waals surface area contributed by atoms with E-state index in [1.807, 2.05) is 11.7 Å². The van der Waals surface area contributed by atoms with Crippen molar-refractivity contribution in [3.8, 4) is 5.75 Å². The average Bonchev–Trinajstić information content (AvgIpc) is 2.93. The lowest BCUT2D eigenvalue weighted by atomic mass is 9.94. The summed E-state index contributed by atoms with van der Waals surface area (Å²) in [6.45, 7) is 5.23. The highest BCUT2D eigenvalue weighted by Gasteiger charge is 2.29. The van der Waals surface area contributed by atoms with E-state index in [2.05, 4.69) is 42.3 Å². The Balaban J connectivity index is 1.95. The number of hydrogen-bond donors (Lipinski definition) is 1. The number of benzene rings is 1. The second-order valence-electron chi connectivity index (χ2n) is 4.90. The van der Waals surface area contributed by atoms with Gasteiger partial charge in [-0.2, -0.15) is 0 Å². The van der Waals surface area contributed by atoms with Crippen LogP contribution in [0.2, 0.25) is 0 Å². The molecule has 2 heterocycles. The highest BCUT2D eigenvalue weighted by Crippen LogP contribution is 2.41. The second kappa shape index (κ2) is 5.31. The molecule has 100 valence electrons. The molecule has 0 saturated heterocycles. The van der Waals surface area contributed by atoms with Crippen LogP contribution >= 0.6 is 11.3 Å². The van der Waals surface area contributed by atoms with Gasteiger partial charge < -0.3 is 10.1 Å². The summed E-state index contributed by atoms with van der Waals surface area (Å²) < 4.78 is 6.14. The van der Waals surface area contributed by atoms with Crippen LogP contribution < -0.4 is 10.1 Å². The molecule has 0 fully saturated rings. The van der Waals surface area contributed by atoms with Gasteiger partial charge in [0.25, 0.3) is 0 Å². The van der Waals surface area contributed by atoms with Gasteiger partial charge in [-0.05, 0) is 19.5 Å².